The predicted octanol–water partition coefficient (Wildman–Crippen LogP) is 1.30. The first-order valence-electron chi connectivity index (χ1n) is 6.24. The van der Waals surface area contributed by atoms with Gasteiger partial charge in [0, 0.05) is 18.8 Å². The Morgan fingerprint density at radius 1 is 1.25 bits per heavy atom. The third-order valence-corrected chi connectivity index (χ3v) is 3.67. The number of nitrogens with zero attached hydrogens (tertiary/aromatic N) is 1. The molecule has 1 aromatic carbocycles. The highest BCUT2D eigenvalue weighted by molar-refractivity contribution is 7.80. The molecule has 0 amide bonds. The minimum atomic E-state index is -2.71. The number of anilines is 1. The van der Waals surface area contributed by atoms with Gasteiger partial charge in [-0.2, -0.15) is 0 Å². The zero-order valence-corrected chi connectivity index (χ0v) is 11.4. The second kappa shape index (κ2) is 6.43. The smallest absolute Gasteiger partial charge is 0.245 e. The molecule has 110 valence electrons. The molecule has 4 nitrogen and oxygen atoms in total. The Bertz CT molecular complexity index is 461. The molecule has 1 unspecified atom stereocenters. The average Bonchev–Trinajstić information content (AvgIpc) is 2.42. The van der Waals surface area contributed by atoms with Crippen molar-refractivity contribution in [2.45, 2.75) is 18.6 Å². The molecule has 3 atom stereocenters. The lowest BCUT2D eigenvalue weighted by atomic mass is 9.93. The van der Waals surface area contributed by atoms with Crippen LogP contribution < -0.4 is 5.32 Å². The second-order valence-electron chi connectivity index (χ2n) is 4.76. The number of rotatable bonds is 2. The van der Waals surface area contributed by atoms with E-state index in [1.165, 1.54) is 4.90 Å². The Morgan fingerprint density at radius 3 is 2.50 bits per heavy atom. The summed E-state index contributed by atoms with van der Waals surface area (Å²) < 4.78 is 25.7. The maximum atomic E-state index is 12.8. The van der Waals surface area contributed by atoms with Gasteiger partial charge in [-0.25, -0.2) is 8.78 Å². The maximum Gasteiger partial charge on any atom is 0.245 e. The number of para-hydroxylation sites is 1. The van der Waals surface area contributed by atoms with E-state index in [2.05, 4.69) is 5.32 Å². The Hall–Kier alpha value is -1.31. The van der Waals surface area contributed by atoms with E-state index in [1.807, 2.05) is 18.2 Å². The van der Waals surface area contributed by atoms with E-state index >= 15 is 0 Å². The summed E-state index contributed by atoms with van der Waals surface area (Å²) in [5, 5.41) is 22.4. The first-order chi connectivity index (χ1) is 9.49. The summed E-state index contributed by atoms with van der Waals surface area (Å²) in [6.07, 6.45) is -5.37. The van der Waals surface area contributed by atoms with Gasteiger partial charge < -0.3 is 20.4 Å². The molecule has 0 aliphatic carbocycles. The fourth-order valence-electron chi connectivity index (χ4n) is 2.17. The van der Waals surface area contributed by atoms with Crippen molar-refractivity contribution in [3.05, 3.63) is 30.3 Å². The van der Waals surface area contributed by atoms with Gasteiger partial charge in [-0.15, -0.1) is 0 Å². The van der Waals surface area contributed by atoms with Crippen molar-refractivity contribution in [2.24, 2.45) is 5.92 Å². The van der Waals surface area contributed by atoms with Crippen molar-refractivity contribution in [1.82, 2.24) is 4.90 Å². The normalized spacial score (nSPS) is 26.6. The molecule has 0 spiro atoms. The fourth-order valence-corrected chi connectivity index (χ4v) is 2.44. The van der Waals surface area contributed by atoms with Crippen LogP contribution in [-0.4, -0.2) is 51.9 Å². The Kier molecular flexibility index (Phi) is 4.85. The van der Waals surface area contributed by atoms with Gasteiger partial charge in [-0.3, -0.25) is 0 Å². The molecule has 0 aromatic heterocycles. The molecule has 20 heavy (non-hydrogen) atoms. The van der Waals surface area contributed by atoms with Gasteiger partial charge in [0.15, 0.2) is 5.11 Å². The lowest BCUT2D eigenvalue weighted by Gasteiger charge is -2.40. The van der Waals surface area contributed by atoms with Crippen LogP contribution in [0, 0.1) is 5.92 Å². The molecular formula is C13H16F2N2O2S. The lowest BCUT2D eigenvalue weighted by Crippen LogP contribution is -2.56. The minimum Gasteiger partial charge on any atom is -0.390 e. The Labute approximate surface area is 121 Å². The van der Waals surface area contributed by atoms with Gasteiger partial charge in [0.2, 0.25) is 6.43 Å². The van der Waals surface area contributed by atoms with Crippen LogP contribution in [0.1, 0.15) is 0 Å². The largest absolute Gasteiger partial charge is 0.390 e. The van der Waals surface area contributed by atoms with Crippen LogP contribution in [0.4, 0.5) is 14.5 Å². The van der Waals surface area contributed by atoms with E-state index in [-0.39, 0.29) is 18.2 Å². The third-order valence-electron chi connectivity index (χ3n) is 3.31. The van der Waals surface area contributed by atoms with E-state index < -0.39 is 24.6 Å². The van der Waals surface area contributed by atoms with Gasteiger partial charge in [0.25, 0.3) is 0 Å². The number of nitrogens with one attached hydrogen (secondary N) is 1. The summed E-state index contributed by atoms with van der Waals surface area (Å²) in [6.45, 7) is -0.0579. The van der Waals surface area contributed by atoms with Crippen LogP contribution in [0.3, 0.4) is 0 Å². The fraction of sp³-hybridized carbons (Fsp3) is 0.462. The highest BCUT2D eigenvalue weighted by Crippen LogP contribution is 2.24. The van der Waals surface area contributed by atoms with Crippen LogP contribution in [0.25, 0.3) is 0 Å². The molecule has 0 bridgehead atoms. The number of β-amino-alcohol motifs (C(OH)–C–C–N with tert-alkyl or cyclic N) is 1. The summed E-state index contributed by atoms with van der Waals surface area (Å²) in [6, 6.07) is 9.09. The van der Waals surface area contributed by atoms with Gasteiger partial charge in [0.05, 0.1) is 18.1 Å². The first-order valence-corrected chi connectivity index (χ1v) is 6.65. The van der Waals surface area contributed by atoms with Crippen molar-refractivity contribution in [1.29, 1.82) is 0 Å². The number of aliphatic hydroxyl groups excluding tert-OH is 2. The Balaban J connectivity index is 2.03. The highest BCUT2D eigenvalue weighted by Gasteiger charge is 2.40. The van der Waals surface area contributed by atoms with Crippen LogP contribution in [-0.2, 0) is 0 Å². The van der Waals surface area contributed by atoms with Crippen molar-refractivity contribution in [2.75, 3.05) is 18.4 Å². The molecule has 1 saturated heterocycles. The zero-order valence-electron chi connectivity index (χ0n) is 10.6. The number of aliphatic hydroxyl groups is 2. The second-order valence-corrected chi connectivity index (χ2v) is 5.14. The van der Waals surface area contributed by atoms with Crippen molar-refractivity contribution >= 4 is 23.0 Å². The summed E-state index contributed by atoms with van der Waals surface area (Å²) in [4.78, 5) is 1.45. The zero-order chi connectivity index (χ0) is 14.7. The van der Waals surface area contributed by atoms with E-state index in [9.17, 15) is 19.0 Å². The van der Waals surface area contributed by atoms with E-state index in [4.69, 9.17) is 12.2 Å². The number of benzene rings is 1. The summed E-state index contributed by atoms with van der Waals surface area (Å²) in [5.41, 5.74) is 0.742. The molecule has 2 rings (SSSR count). The summed E-state index contributed by atoms with van der Waals surface area (Å²) >= 11 is 5.16. The lowest BCUT2D eigenvalue weighted by molar-refractivity contribution is -0.103. The third kappa shape index (κ3) is 3.41. The monoisotopic (exact) mass is 302 g/mol. The summed E-state index contributed by atoms with van der Waals surface area (Å²) in [7, 11) is 0. The van der Waals surface area contributed by atoms with Crippen molar-refractivity contribution in [3.8, 4) is 0 Å². The predicted molar refractivity (Wildman–Crippen MR) is 75.7 cm³/mol. The summed E-state index contributed by atoms with van der Waals surface area (Å²) in [5.74, 6) is -1.31. The van der Waals surface area contributed by atoms with Gasteiger partial charge >= 0.3 is 0 Å². The van der Waals surface area contributed by atoms with Gasteiger partial charge in [0.1, 0.15) is 0 Å². The molecule has 3 N–H and O–H groups in total. The molecule has 1 aliphatic heterocycles. The van der Waals surface area contributed by atoms with E-state index in [0.717, 1.165) is 5.69 Å². The topological polar surface area (TPSA) is 55.7 Å². The maximum absolute atomic E-state index is 12.8. The SMILES string of the molecule is O[C@@H]1CN(C(=S)Nc2ccccc2)CC(C(F)F)[C@H]1O. The highest BCUT2D eigenvalue weighted by atomic mass is 32.1. The number of alkyl halides is 2. The van der Waals surface area contributed by atoms with Crippen molar-refractivity contribution in [3.63, 3.8) is 0 Å². The quantitative estimate of drug-likeness (QED) is 0.719. The molecular weight excluding hydrogens is 286 g/mol. The van der Waals surface area contributed by atoms with Crippen LogP contribution in [0.15, 0.2) is 30.3 Å². The van der Waals surface area contributed by atoms with Gasteiger partial charge in [-0.05, 0) is 24.4 Å². The van der Waals surface area contributed by atoms with Crippen molar-refractivity contribution < 1.29 is 19.0 Å². The first kappa shape index (κ1) is 15.1. The molecule has 1 heterocycles. The molecule has 0 radical (unpaired) electrons. The molecule has 7 heteroatoms. The minimum absolute atomic E-state index is 0.0308. The number of halogens is 2. The van der Waals surface area contributed by atoms with E-state index in [1.54, 1.807) is 12.1 Å². The molecule has 1 fully saturated rings. The Morgan fingerprint density at radius 2 is 1.90 bits per heavy atom. The van der Waals surface area contributed by atoms with Crippen LogP contribution >= 0.6 is 12.2 Å². The van der Waals surface area contributed by atoms with Crippen LogP contribution in [0.2, 0.25) is 0 Å². The van der Waals surface area contributed by atoms with E-state index in [0.29, 0.717) is 0 Å². The molecule has 1 aromatic rings. The average molecular weight is 302 g/mol. The number of hydrogen-bond acceptors (Lipinski definition) is 3. The molecule has 1 aliphatic rings. The van der Waals surface area contributed by atoms with Gasteiger partial charge in [-0.1, -0.05) is 18.2 Å². The number of piperidine rings is 1. The number of thiocarbonyl (C=S) groups is 1. The molecule has 0 saturated carbocycles. The number of likely N-dealkylation sites (tertiary alicyclic amines) is 1. The standard InChI is InChI=1S/C13H16F2N2O2S/c14-12(15)9-6-17(7-10(18)11(9)19)13(20)16-8-4-2-1-3-5-8/h1-5,9-12,18-19H,6-7H2,(H,16,20)/t9?,10-,11-/m1/s1. The van der Waals surface area contributed by atoms with Crippen LogP contribution in [0.5, 0.6) is 0 Å². The number of hydrogen-bond donors (Lipinski definition) is 3.